The van der Waals surface area contributed by atoms with Gasteiger partial charge in [0, 0.05) is 0 Å². The quantitative estimate of drug-likeness (QED) is 0.119. The Bertz CT molecular complexity index is 2160. The molecule has 0 fully saturated rings. The fourth-order valence-corrected chi connectivity index (χ4v) is 7.27. The minimum absolute atomic E-state index is 0.509. The van der Waals surface area contributed by atoms with Crippen LogP contribution in [0.3, 0.4) is 0 Å². The van der Waals surface area contributed by atoms with Gasteiger partial charge >= 0.3 is 0 Å². The molecule has 7 aromatic carbocycles. The van der Waals surface area contributed by atoms with Gasteiger partial charge in [0.1, 0.15) is 0 Å². The van der Waals surface area contributed by atoms with Crippen LogP contribution in [0.5, 0.6) is 0 Å². The Balaban J connectivity index is 0.000000257. The van der Waals surface area contributed by atoms with Crippen LogP contribution in [0.4, 0.5) is 0 Å². The summed E-state index contributed by atoms with van der Waals surface area (Å²) in [5.74, 6) is 1.04. The zero-order valence-electron chi connectivity index (χ0n) is 30.8. The zero-order valence-corrected chi connectivity index (χ0v) is 30.8. The minimum atomic E-state index is 0.509. The SMILES string of the molecule is CCC(C)c1ccc(C(C)C)cc1/C=C(\C)c1c2ccccc2c(-c2ccccc2)c2ccccc12.Cc1ccccc1-c1ccccc1C. The molecule has 0 aliphatic heterocycles. The van der Waals surface area contributed by atoms with Gasteiger partial charge in [-0.2, -0.15) is 0 Å². The Hall–Kier alpha value is -5.20. The molecule has 0 aliphatic carbocycles. The fourth-order valence-electron chi connectivity index (χ4n) is 7.27. The number of benzene rings is 7. The predicted molar refractivity (Wildman–Crippen MR) is 221 cm³/mol. The molecule has 1 unspecified atom stereocenters. The minimum Gasteiger partial charge on any atom is -0.0648 e. The molecular formula is C50H50. The molecule has 0 aliphatic rings. The van der Waals surface area contributed by atoms with Crippen molar-refractivity contribution in [1.82, 2.24) is 0 Å². The van der Waals surface area contributed by atoms with Crippen molar-refractivity contribution < 1.29 is 0 Å². The maximum absolute atomic E-state index is 2.43. The maximum Gasteiger partial charge on any atom is -0.00264 e. The Morgan fingerprint density at radius 2 is 1.04 bits per heavy atom. The molecule has 7 aromatic rings. The van der Waals surface area contributed by atoms with Crippen molar-refractivity contribution in [2.75, 3.05) is 0 Å². The molecule has 7 rings (SSSR count). The topological polar surface area (TPSA) is 0 Å². The van der Waals surface area contributed by atoms with E-state index < -0.39 is 0 Å². The first-order valence-corrected chi connectivity index (χ1v) is 18.2. The third kappa shape index (κ3) is 7.22. The number of hydrogen-bond donors (Lipinski definition) is 0. The van der Waals surface area contributed by atoms with E-state index in [0.29, 0.717) is 11.8 Å². The monoisotopic (exact) mass is 650 g/mol. The van der Waals surface area contributed by atoms with Crippen molar-refractivity contribution in [3.8, 4) is 22.3 Å². The Labute approximate surface area is 300 Å². The van der Waals surface area contributed by atoms with Crippen molar-refractivity contribution in [3.63, 3.8) is 0 Å². The smallest absolute Gasteiger partial charge is 0.00264 e. The largest absolute Gasteiger partial charge is 0.0648 e. The van der Waals surface area contributed by atoms with Gasteiger partial charge in [-0.05, 0) is 122 Å². The van der Waals surface area contributed by atoms with Gasteiger partial charge in [-0.15, -0.1) is 0 Å². The van der Waals surface area contributed by atoms with Crippen LogP contribution in [0.1, 0.15) is 86.3 Å². The molecule has 0 amide bonds. The molecule has 0 saturated heterocycles. The van der Waals surface area contributed by atoms with Crippen LogP contribution in [-0.4, -0.2) is 0 Å². The molecule has 0 N–H and O–H groups in total. The number of fused-ring (bicyclic) bond motifs is 2. The molecule has 0 nitrogen and oxygen atoms in total. The van der Waals surface area contributed by atoms with E-state index >= 15 is 0 Å². The van der Waals surface area contributed by atoms with Crippen LogP contribution in [0, 0.1) is 13.8 Å². The summed E-state index contributed by atoms with van der Waals surface area (Å²) < 4.78 is 0. The Morgan fingerprint density at radius 3 is 1.54 bits per heavy atom. The number of allylic oxidation sites excluding steroid dienone is 1. The van der Waals surface area contributed by atoms with Gasteiger partial charge < -0.3 is 0 Å². The van der Waals surface area contributed by atoms with Crippen molar-refractivity contribution in [2.24, 2.45) is 0 Å². The molecule has 0 heteroatoms. The fraction of sp³-hybridized carbons (Fsp3) is 0.200. The molecule has 50 heavy (non-hydrogen) atoms. The van der Waals surface area contributed by atoms with E-state index in [0.717, 1.165) is 6.42 Å². The van der Waals surface area contributed by atoms with E-state index in [1.165, 1.54) is 82.8 Å². The van der Waals surface area contributed by atoms with Crippen LogP contribution in [0.2, 0.25) is 0 Å². The molecule has 0 spiro atoms. The highest BCUT2D eigenvalue weighted by atomic mass is 14.2. The van der Waals surface area contributed by atoms with E-state index in [-0.39, 0.29) is 0 Å². The molecule has 0 bridgehead atoms. The molecule has 1 atom stereocenters. The van der Waals surface area contributed by atoms with Gasteiger partial charge in [-0.3, -0.25) is 0 Å². The van der Waals surface area contributed by atoms with E-state index in [1.54, 1.807) is 0 Å². The third-order valence-electron chi connectivity index (χ3n) is 10.3. The summed E-state index contributed by atoms with van der Waals surface area (Å²) in [5, 5.41) is 5.24. The second-order valence-electron chi connectivity index (χ2n) is 14.0. The average molecular weight is 651 g/mol. The highest BCUT2D eigenvalue weighted by Gasteiger charge is 2.17. The molecule has 250 valence electrons. The summed E-state index contributed by atoms with van der Waals surface area (Å²) >= 11 is 0. The first-order valence-electron chi connectivity index (χ1n) is 18.2. The van der Waals surface area contributed by atoms with Crippen LogP contribution in [-0.2, 0) is 0 Å². The summed E-state index contributed by atoms with van der Waals surface area (Å²) in [4.78, 5) is 0. The molecule has 0 radical (unpaired) electrons. The first-order chi connectivity index (χ1) is 24.3. The van der Waals surface area contributed by atoms with Crippen molar-refractivity contribution in [2.45, 2.75) is 66.7 Å². The van der Waals surface area contributed by atoms with Gasteiger partial charge in [-0.25, -0.2) is 0 Å². The second-order valence-corrected chi connectivity index (χ2v) is 14.0. The highest BCUT2D eigenvalue weighted by Crippen LogP contribution is 2.42. The van der Waals surface area contributed by atoms with Gasteiger partial charge in [0.15, 0.2) is 0 Å². The van der Waals surface area contributed by atoms with E-state index in [2.05, 4.69) is 200 Å². The van der Waals surface area contributed by atoms with E-state index in [9.17, 15) is 0 Å². The van der Waals surface area contributed by atoms with Crippen LogP contribution in [0.25, 0.3) is 55.4 Å². The third-order valence-corrected chi connectivity index (χ3v) is 10.3. The lowest BCUT2D eigenvalue weighted by Crippen LogP contribution is -1.99. The summed E-state index contributed by atoms with van der Waals surface area (Å²) in [6.45, 7) is 15.8. The summed E-state index contributed by atoms with van der Waals surface area (Å²) in [7, 11) is 0. The standard InChI is InChI=1S/C36H36.C14H14/c1-6-25(4)30-21-20-28(24(2)3)23-29(30)22-26(5)35-31-16-10-12-18-33(31)36(27-14-8-7-9-15-27)34-19-13-11-17-32(34)35;1-11-7-3-5-9-13(11)14-10-6-4-8-12(14)2/h7-25H,6H2,1-5H3;3-10H,1-2H3/b26-22+;. The van der Waals surface area contributed by atoms with Gasteiger partial charge in [0.25, 0.3) is 0 Å². The van der Waals surface area contributed by atoms with Gasteiger partial charge in [0.2, 0.25) is 0 Å². The lowest BCUT2D eigenvalue weighted by molar-refractivity contribution is 0.730. The number of rotatable bonds is 7. The lowest BCUT2D eigenvalue weighted by atomic mass is 9.84. The summed E-state index contributed by atoms with van der Waals surface area (Å²) in [6, 6.07) is 52.8. The average Bonchev–Trinajstić information content (AvgIpc) is 3.14. The van der Waals surface area contributed by atoms with Crippen LogP contribution >= 0.6 is 0 Å². The molecule has 0 saturated carbocycles. The molecular weight excluding hydrogens is 601 g/mol. The second kappa shape index (κ2) is 15.6. The number of aryl methyl sites for hydroxylation is 2. The summed E-state index contributed by atoms with van der Waals surface area (Å²) in [6.07, 6.45) is 3.57. The number of hydrogen-bond acceptors (Lipinski definition) is 0. The zero-order chi connectivity index (χ0) is 35.2. The normalized spacial score (nSPS) is 12.2. The van der Waals surface area contributed by atoms with Gasteiger partial charge in [0.05, 0.1) is 0 Å². The molecule has 0 aromatic heterocycles. The van der Waals surface area contributed by atoms with Crippen molar-refractivity contribution >= 4 is 33.2 Å². The highest BCUT2D eigenvalue weighted by molar-refractivity contribution is 6.19. The predicted octanol–water partition coefficient (Wildman–Crippen LogP) is 14.8. The van der Waals surface area contributed by atoms with E-state index in [4.69, 9.17) is 0 Å². The summed E-state index contributed by atoms with van der Waals surface area (Å²) in [5.41, 5.74) is 14.8. The maximum atomic E-state index is 2.43. The molecule has 0 heterocycles. The van der Waals surface area contributed by atoms with Gasteiger partial charge in [-0.1, -0.05) is 179 Å². The van der Waals surface area contributed by atoms with Crippen LogP contribution in [0.15, 0.2) is 146 Å². The lowest BCUT2D eigenvalue weighted by Gasteiger charge is -2.19. The van der Waals surface area contributed by atoms with Crippen LogP contribution < -0.4 is 0 Å². The Morgan fingerprint density at radius 1 is 0.560 bits per heavy atom. The van der Waals surface area contributed by atoms with E-state index in [1.807, 2.05) is 0 Å². The first kappa shape index (κ1) is 34.7. The van der Waals surface area contributed by atoms with Crippen molar-refractivity contribution in [3.05, 3.63) is 179 Å². The Kier molecular flexibility index (Phi) is 10.8. The van der Waals surface area contributed by atoms with Crippen molar-refractivity contribution in [1.29, 1.82) is 0 Å².